The average Bonchev–Trinajstić information content (AvgIpc) is 2.64. The van der Waals surface area contributed by atoms with Gasteiger partial charge in [0.25, 0.3) is 0 Å². The topological polar surface area (TPSA) is 47.6 Å². The number of hydrogen-bond donors (Lipinski definition) is 1. The van der Waals surface area contributed by atoms with E-state index >= 15 is 0 Å². The van der Waals surface area contributed by atoms with E-state index in [2.05, 4.69) is 11.9 Å². The lowest BCUT2D eigenvalue weighted by Crippen LogP contribution is -2.20. The molecular formula is C20H19Cl2NO3. The predicted molar refractivity (Wildman–Crippen MR) is 106 cm³/mol. The first-order valence-electron chi connectivity index (χ1n) is 7.85. The molecule has 2 rings (SSSR count). The molecule has 0 saturated carbocycles. The molecule has 0 heterocycles. The van der Waals surface area contributed by atoms with Crippen molar-refractivity contribution >= 4 is 35.2 Å². The van der Waals surface area contributed by atoms with Gasteiger partial charge in [0.2, 0.25) is 5.91 Å². The molecule has 0 aliphatic heterocycles. The van der Waals surface area contributed by atoms with Crippen LogP contribution in [0.5, 0.6) is 11.5 Å². The van der Waals surface area contributed by atoms with Gasteiger partial charge in [-0.2, -0.15) is 0 Å². The summed E-state index contributed by atoms with van der Waals surface area (Å²) in [7, 11) is 1.55. The van der Waals surface area contributed by atoms with Crippen LogP contribution in [0, 0.1) is 0 Å². The number of nitrogens with one attached hydrogen (secondary N) is 1. The molecule has 0 spiro atoms. The van der Waals surface area contributed by atoms with Crippen LogP contribution in [0.25, 0.3) is 6.08 Å². The van der Waals surface area contributed by atoms with E-state index in [1.165, 1.54) is 6.08 Å². The average molecular weight is 392 g/mol. The van der Waals surface area contributed by atoms with E-state index in [1.807, 2.05) is 6.07 Å². The second kappa shape index (κ2) is 9.90. The quantitative estimate of drug-likeness (QED) is 0.514. The highest BCUT2D eigenvalue weighted by atomic mass is 35.5. The summed E-state index contributed by atoms with van der Waals surface area (Å²) in [4.78, 5) is 11.6. The third-order valence-electron chi connectivity index (χ3n) is 3.47. The molecule has 0 fully saturated rings. The maximum Gasteiger partial charge on any atom is 0.244 e. The highest BCUT2D eigenvalue weighted by Gasteiger charge is 2.09. The molecule has 0 aliphatic carbocycles. The van der Waals surface area contributed by atoms with Crippen molar-refractivity contribution in [3.63, 3.8) is 0 Å². The van der Waals surface area contributed by atoms with E-state index in [-0.39, 0.29) is 12.5 Å². The third kappa shape index (κ3) is 5.55. The molecule has 0 aliphatic rings. The summed E-state index contributed by atoms with van der Waals surface area (Å²) in [5.41, 5.74) is 1.51. The summed E-state index contributed by atoms with van der Waals surface area (Å²) in [6.07, 6.45) is 4.75. The van der Waals surface area contributed by atoms with E-state index < -0.39 is 0 Å². The minimum atomic E-state index is -0.197. The molecule has 0 bridgehead atoms. The van der Waals surface area contributed by atoms with Crippen molar-refractivity contribution in [2.75, 3.05) is 13.7 Å². The molecule has 0 unspecified atom stereocenters. The van der Waals surface area contributed by atoms with E-state index in [1.54, 1.807) is 49.6 Å². The maximum atomic E-state index is 11.6. The molecule has 2 aromatic carbocycles. The number of methoxy groups -OCH3 is 1. The molecule has 0 aromatic heterocycles. The number of ether oxygens (including phenoxy) is 2. The first kappa shape index (κ1) is 19.9. The van der Waals surface area contributed by atoms with Crippen molar-refractivity contribution in [1.82, 2.24) is 5.32 Å². The van der Waals surface area contributed by atoms with Gasteiger partial charge in [0.05, 0.1) is 7.11 Å². The molecule has 0 atom stereocenters. The minimum Gasteiger partial charge on any atom is -0.493 e. The fraction of sp³-hybridized carbons (Fsp3) is 0.150. The first-order chi connectivity index (χ1) is 12.5. The predicted octanol–water partition coefficient (Wildman–Crippen LogP) is 4.90. The van der Waals surface area contributed by atoms with Crippen molar-refractivity contribution in [3.8, 4) is 11.5 Å². The number of amides is 1. The SMILES string of the molecule is C=CCNC(=O)/C=C/c1ccc(OCc2c(Cl)cccc2Cl)c(OC)c1. The molecule has 1 amide bonds. The van der Waals surface area contributed by atoms with Crippen molar-refractivity contribution < 1.29 is 14.3 Å². The Kier molecular flexibility index (Phi) is 7.57. The van der Waals surface area contributed by atoms with Gasteiger partial charge in [-0.1, -0.05) is 41.4 Å². The molecule has 1 N–H and O–H groups in total. The molecule has 26 heavy (non-hydrogen) atoms. The Labute approximate surface area is 163 Å². The van der Waals surface area contributed by atoms with Gasteiger partial charge in [-0.3, -0.25) is 4.79 Å². The van der Waals surface area contributed by atoms with E-state index in [9.17, 15) is 4.79 Å². The second-order valence-electron chi connectivity index (χ2n) is 5.27. The van der Waals surface area contributed by atoms with Crippen LogP contribution < -0.4 is 14.8 Å². The van der Waals surface area contributed by atoms with Crippen molar-refractivity contribution in [2.45, 2.75) is 6.61 Å². The van der Waals surface area contributed by atoms with Gasteiger partial charge in [0.1, 0.15) is 6.61 Å². The highest BCUT2D eigenvalue weighted by molar-refractivity contribution is 6.35. The second-order valence-corrected chi connectivity index (χ2v) is 6.08. The van der Waals surface area contributed by atoms with Gasteiger partial charge in [0.15, 0.2) is 11.5 Å². The fourth-order valence-electron chi connectivity index (χ4n) is 2.13. The number of rotatable bonds is 8. The highest BCUT2D eigenvalue weighted by Crippen LogP contribution is 2.31. The summed E-state index contributed by atoms with van der Waals surface area (Å²) in [5.74, 6) is 0.899. The lowest BCUT2D eigenvalue weighted by molar-refractivity contribution is -0.116. The van der Waals surface area contributed by atoms with Crippen LogP contribution in [0.2, 0.25) is 10.0 Å². The van der Waals surface area contributed by atoms with Crippen LogP contribution in [0.3, 0.4) is 0 Å². The minimum absolute atomic E-state index is 0.197. The van der Waals surface area contributed by atoms with Gasteiger partial charge in [-0.05, 0) is 35.9 Å². The smallest absolute Gasteiger partial charge is 0.244 e. The van der Waals surface area contributed by atoms with Crippen molar-refractivity contribution in [3.05, 3.63) is 76.3 Å². The third-order valence-corrected chi connectivity index (χ3v) is 4.18. The Bertz CT molecular complexity index is 798. The normalized spacial score (nSPS) is 10.6. The standard InChI is InChI=1S/C20H19Cl2NO3/c1-3-11-23-20(24)10-8-14-7-9-18(19(12-14)25-2)26-13-15-16(21)5-4-6-17(15)22/h3-10,12H,1,11,13H2,2H3,(H,23,24)/b10-8+. The zero-order chi connectivity index (χ0) is 18.9. The Balaban J connectivity index is 2.10. The summed E-state index contributed by atoms with van der Waals surface area (Å²) in [6, 6.07) is 10.7. The molecule has 0 radical (unpaired) electrons. The Morgan fingerprint density at radius 2 is 1.92 bits per heavy atom. The van der Waals surface area contributed by atoms with Crippen LogP contribution >= 0.6 is 23.2 Å². The van der Waals surface area contributed by atoms with Crippen LogP contribution in [-0.2, 0) is 11.4 Å². The summed E-state index contributed by atoms with van der Waals surface area (Å²) in [5, 5.41) is 3.75. The van der Waals surface area contributed by atoms with Gasteiger partial charge >= 0.3 is 0 Å². The Morgan fingerprint density at radius 3 is 2.58 bits per heavy atom. The molecule has 2 aromatic rings. The molecule has 4 nitrogen and oxygen atoms in total. The number of carbonyl (C=O) groups is 1. The molecule has 0 saturated heterocycles. The van der Waals surface area contributed by atoms with Crippen LogP contribution in [0.4, 0.5) is 0 Å². The number of benzene rings is 2. The van der Waals surface area contributed by atoms with Gasteiger partial charge in [-0.15, -0.1) is 6.58 Å². The fourth-order valence-corrected chi connectivity index (χ4v) is 2.64. The number of carbonyl (C=O) groups excluding carboxylic acids is 1. The van der Waals surface area contributed by atoms with Crippen LogP contribution in [0.15, 0.2) is 55.1 Å². The van der Waals surface area contributed by atoms with E-state index in [4.69, 9.17) is 32.7 Å². The lowest BCUT2D eigenvalue weighted by atomic mass is 10.2. The monoisotopic (exact) mass is 391 g/mol. The van der Waals surface area contributed by atoms with E-state index in [0.717, 1.165) is 5.56 Å². The van der Waals surface area contributed by atoms with Crippen LogP contribution in [-0.4, -0.2) is 19.6 Å². The largest absolute Gasteiger partial charge is 0.493 e. The zero-order valence-corrected chi connectivity index (χ0v) is 15.8. The Morgan fingerprint density at radius 1 is 1.19 bits per heavy atom. The van der Waals surface area contributed by atoms with Gasteiger partial charge in [0, 0.05) is 28.2 Å². The Hall–Kier alpha value is -2.43. The van der Waals surface area contributed by atoms with Crippen LogP contribution in [0.1, 0.15) is 11.1 Å². The summed E-state index contributed by atoms with van der Waals surface area (Å²) < 4.78 is 11.2. The summed E-state index contributed by atoms with van der Waals surface area (Å²) in [6.45, 7) is 4.18. The van der Waals surface area contributed by atoms with Crippen molar-refractivity contribution in [2.24, 2.45) is 0 Å². The lowest BCUT2D eigenvalue weighted by Gasteiger charge is -2.13. The van der Waals surface area contributed by atoms with Crippen molar-refractivity contribution in [1.29, 1.82) is 0 Å². The number of hydrogen-bond acceptors (Lipinski definition) is 3. The van der Waals surface area contributed by atoms with Gasteiger partial charge in [-0.25, -0.2) is 0 Å². The molecule has 6 heteroatoms. The van der Waals surface area contributed by atoms with Gasteiger partial charge < -0.3 is 14.8 Å². The summed E-state index contributed by atoms with van der Waals surface area (Å²) >= 11 is 12.3. The zero-order valence-electron chi connectivity index (χ0n) is 14.3. The maximum absolute atomic E-state index is 11.6. The molecular weight excluding hydrogens is 373 g/mol. The van der Waals surface area contributed by atoms with E-state index in [0.29, 0.717) is 33.7 Å². The number of halogens is 2. The molecule has 136 valence electrons. The first-order valence-corrected chi connectivity index (χ1v) is 8.61.